The first-order valence-electron chi connectivity index (χ1n) is 7.18. The minimum Gasteiger partial charge on any atom is -0.370 e. The third kappa shape index (κ3) is 3.02. The maximum Gasteiger partial charge on any atom is 0.166 e. The minimum absolute atomic E-state index is 0.0948. The van der Waals surface area contributed by atoms with Crippen molar-refractivity contribution < 1.29 is 9.53 Å². The summed E-state index contributed by atoms with van der Waals surface area (Å²) in [6.45, 7) is 0.711. The van der Waals surface area contributed by atoms with Gasteiger partial charge in [0.05, 0.1) is 0 Å². The first kappa shape index (κ1) is 14.3. The first-order chi connectivity index (χ1) is 10.2. The highest BCUT2D eigenvalue weighted by Crippen LogP contribution is 2.40. The fraction of sp³-hybridized carbons (Fsp3) is 0.278. The van der Waals surface area contributed by atoms with Crippen LogP contribution in [0.5, 0.6) is 0 Å². The molecule has 1 fully saturated rings. The normalized spacial score (nSPS) is 21.4. The van der Waals surface area contributed by atoms with Crippen LogP contribution in [0.2, 0.25) is 5.02 Å². The van der Waals surface area contributed by atoms with E-state index in [1.165, 1.54) is 0 Å². The molecular weight excluding hydrogens is 284 g/mol. The van der Waals surface area contributed by atoms with Crippen LogP contribution >= 0.6 is 11.6 Å². The van der Waals surface area contributed by atoms with Crippen molar-refractivity contribution in [3.8, 4) is 0 Å². The van der Waals surface area contributed by atoms with Crippen molar-refractivity contribution in [1.29, 1.82) is 0 Å². The lowest BCUT2D eigenvalue weighted by molar-refractivity contribution is -0.00323. The van der Waals surface area contributed by atoms with Gasteiger partial charge in [0.15, 0.2) is 5.78 Å². The monoisotopic (exact) mass is 300 g/mol. The number of hydrogen-bond donors (Lipinski definition) is 0. The molecule has 1 aliphatic rings. The Morgan fingerprint density at radius 1 is 1.10 bits per heavy atom. The molecule has 0 bridgehead atoms. The van der Waals surface area contributed by atoms with E-state index in [0.717, 1.165) is 18.4 Å². The van der Waals surface area contributed by atoms with Gasteiger partial charge < -0.3 is 4.74 Å². The van der Waals surface area contributed by atoms with Gasteiger partial charge in [0.25, 0.3) is 0 Å². The highest BCUT2D eigenvalue weighted by atomic mass is 35.5. The van der Waals surface area contributed by atoms with Gasteiger partial charge in [0.1, 0.15) is 5.60 Å². The third-order valence-electron chi connectivity index (χ3n) is 4.02. The van der Waals surface area contributed by atoms with Crippen LogP contribution in [0, 0.1) is 0 Å². The van der Waals surface area contributed by atoms with E-state index in [1.807, 2.05) is 30.3 Å². The number of halogens is 1. The molecule has 1 aliphatic heterocycles. The van der Waals surface area contributed by atoms with Crippen molar-refractivity contribution in [2.45, 2.75) is 24.9 Å². The minimum atomic E-state index is -0.474. The van der Waals surface area contributed by atoms with Crippen LogP contribution in [0.1, 0.15) is 35.2 Å². The summed E-state index contributed by atoms with van der Waals surface area (Å²) in [7, 11) is 0. The summed E-state index contributed by atoms with van der Waals surface area (Å²) in [5.74, 6) is 0.0948. The quantitative estimate of drug-likeness (QED) is 0.770. The zero-order valence-electron chi connectivity index (χ0n) is 11.7. The van der Waals surface area contributed by atoms with Crippen molar-refractivity contribution >= 4 is 17.4 Å². The number of Topliss-reactive ketones (excluding diaryl/α,β-unsaturated/α-hetero) is 1. The molecule has 3 rings (SSSR count). The molecule has 0 radical (unpaired) electrons. The molecule has 0 saturated carbocycles. The number of rotatable bonds is 4. The Morgan fingerprint density at radius 2 is 1.81 bits per heavy atom. The second kappa shape index (κ2) is 6.00. The molecule has 2 aromatic rings. The lowest BCUT2D eigenvalue weighted by Gasteiger charge is -2.28. The Hall–Kier alpha value is -1.64. The average molecular weight is 301 g/mol. The molecule has 2 aromatic carbocycles. The molecule has 108 valence electrons. The Balaban J connectivity index is 1.86. The van der Waals surface area contributed by atoms with Crippen molar-refractivity contribution in [2.24, 2.45) is 0 Å². The van der Waals surface area contributed by atoms with Gasteiger partial charge in [-0.25, -0.2) is 0 Å². The lowest BCUT2D eigenvalue weighted by Crippen LogP contribution is -2.28. The molecule has 0 aliphatic carbocycles. The molecule has 0 aromatic heterocycles. The molecule has 1 saturated heterocycles. The number of ether oxygens (including phenoxy) is 1. The number of carbonyl (C=O) groups excluding carboxylic acids is 1. The van der Waals surface area contributed by atoms with Gasteiger partial charge in [-0.2, -0.15) is 0 Å². The van der Waals surface area contributed by atoms with Crippen LogP contribution in [0.3, 0.4) is 0 Å². The van der Waals surface area contributed by atoms with E-state index in [9.17, 15) is 4.79 Å². The van der Waals surface area contributed by atoms with E-state index in [-0.39, 0.29) is 5.78 Å². The molecule has 0 spiro atoms. The van der Waals surface area contributed by atoms with Crippen LogP contribution in [0.4, 0.5) is 0 Å². The van der Waals surface area contributed by atoms with Gasteiger partial charge >= 0.3 is 0 Å². The SMILES string of the molecule is O=C(CC1(c2ccccc2)CCCO1)c1ccc(Cl)cc1. The van der Waals surface area contributed by atoms with E-state index in [2.05, 4.69) is 0 Å². The topological polar surface area (TPSA) is 26.3 Å². The fourth-order valence-corrected chi connectivity index (χ4v) is 3.03. The Labute approximate surface area is 129 Å². The van der Waals surface area contributed by atoms with Crippen molar-refractivity contribution in [3.05, 3.63) is 70.7 Å². The highest BCUT2D eigenvalue weighted by molar-refractivity contribution is 6.30. The molecule has 1 atom stereocenters. The molecule has 1 heterocycles. The standard InChI is InChI=1S/C18H17ClO2/c19-16-9-7-14(8-10-16)17(20)13-18(11-4-12-21-18)15-5-2-1-3-6-15/h1-3,5-10H,4,11-13H2. The van der Waals surface area contributed by atoms with Gasteiger partial charge in [-0.05, 0) is 42.7 Å². The fourth-order valence-electron chi connectivity index (χ4n) is 2.91. The zero-order chi connectivity index (χ0) is 14.7. The van der Waals surface area contributed by atoms with Gasteiger partial charge in [0.2, 0.25) is 0 Å². The van der Waals surface area contributed by atoms with Gasteiger partial charge in [-0.3, -0.25) is 4.79 Å². The molecule has 0 amide bonds. The second-order valence-electron chi connectivity index (χ2n) is 5.42. The molecule has 3 heteroatoms. The molecular formula is C18H17ClO2. The predicted octanol–water partition coefficient (Wildman–Crippen LogP) is 4.62. The van der Waals surface area contributed by atoms with Crippen molar-refractivity contribution in [1.82, 2.24) is 0 Å². The van der Waals surface area contributed by atoms with Crippen LogP contribution in [0.15, 0.2) is 54.6 Å². The Bertz CT molecular complexity index is 613. The average Bonchev–Trinajstić information content (AvgIpc) is 2.98. The second-order valence-corrected chi connectivity index (χ2v) is 5.86. The third-order valence-corrected chi connectivity index (χ3v) is 4.27. The summed E-state index contributed by atoms with van der Waals surface area (Å²) >= 11 is 5.87. The number of hydrogen-bond acceptors (Lipinski definition) is 2. The summed E-state index contributed by atoms with van der Waals surface area (Å²) in [5.41, 5.74) is 1.30. The van der Waals surface area contributed by atoms with Crippen LogP contribution in [0.25, 0.3) is 0 Å². The number of carbonyl (C=O) groups is 1. The van der Waals surface area contributed by atoms with E-state index in [0.29, 0.717) is 23.6 Å². The maximum atomic E-state index is 12.6. The van der Waals surface area contributed by atoms with E-state index in [1.54, 1.807) is 24.3 Å². The van der Waals surface area contributed by atoms with Gasteiger partial charge in [-0.15, -0.1) is 0 Å². The Morgan fingerprint density at radius 3 is 2.43 bits per heavy atom. The van der Waals surface area contributed by atoms with Gasteiger partial charge in [0, 0.05) is 23.6 Å². The van der Waals surface area contributed by atoms with Gasteiger partial charge in [-0.1, -0.05) is 41.9 Å². The molecule has 0 N–H and O–H groups in total. The number of ketones is 1. The lowest BCUT2D eigenvalue weighted by atomic mass is 9.85. The van der Waals surface area contributed by atoms with Crippen LogP contribution < -0.4 is 0 Å². The number of benzene rings is 2. The smallest absolute Gasteiger partial charge is 0.166 e. The molecule has 2 nitrogen and oxygen atoms in total. The van der Waals surface area contributed by atoms with Crippen molar-refractivity contribution in [3.63, 3.8) is 0 Å². The predicted molar refractivity (Wildman–Crippen MR) is 83.7 cm³/mol. The van der Waals surface area contributed by atoms with E-state index < -0.39 is 5.60 Å². The van der Waals surface area contributed by atoms with Crippen LogP contribution in [-0.4, -0.2) is 12.4 Å². The maximum absolute atomic E-state index is 12.6. The zero-order valence-corrected chi connectivity index (χ0v) is 12.5. The summed E-state index contributed by atoms with van der Waals surface area (Å²) in [4.78, 5) is 12.6. The van der Waals surface area contributed by atoms with Crippen molar-refractivity contribution in [2.75, 3.05) is 6.61 Å². The highest BCUT2D eigenvalue weighted by Gasteiger charge is 2.39. The summed E-state index contributed by atoms with van der Waals surface area (Å²) in [6, 6.07) is 17.1. The summed E-state index contributed by atoms with van der Waals surface area (Å²) < 4.78 is 6.00. The molecule has 1 unspecified atom stereocenters. The largest absolute Gasteiger partial charge is 0.370 e. The van der Waals surface area contributed by atoms with E-state index in [4.69, 9.17) is 16.3 Å². The van der Waals surface area contributed by atoms with E-state index >= 15 is 0 Å². The van der Waals surface area contributed by atoms with Crippen LogP contribution in [-0.2, 0) is 10.3 Å². The summed E-state index contributed by atoms with van der Waals surface area (Å²) in [6.07, 6.45) is 2.25. The summed E-state index contributed by atoms with van der Waals surface area (Å²) in [5, 5.41) is 0.640. The first-order valence-corrected chi connectivity index (χ1v) is 7.56. The Kier molecular flexibility index (Phi) is 4.09. The molecule has 21 heavy (non-hydrogen) atoms.